The number of fused-ring (bicyclic) bond motifs is 1. The fourth-order valence-corrected chi connectivity index (χ4v) is 3.16. The van der Waals surface area contributed by atoms with Crippen LogP contribution in [-0.2, 0) is 10.0 Å². The summed E-state index contributed by atoms with van der Waals surface area (Å²) in [6, 6.07) is 2.98. The third-order valence-corrected chi connectivity index (χ3v) is 3.96. The van der Waals surface area contributed by atoms with E-state index < -0.39 is 16.1 Å². The van der Waals surface area contributed by atoms with E-state index in [4.69, 9.17) is 16.3 Å². The van der Waals surface area contributed by atoms with Crippen molar-refractivity contribution in [2.45, 2.75) is 25.5 Å². The zero-order valence-corrected chi connectivity index (χ0v) is 12.3. The van der Waals surface area contributed by atoms with Crippen LogP contribution in [0.3, 0.4) is 0 Å². The lowest BCUT2D eigenvalue weighted by Gasteiger charge is -2.27. The monoisotopic (exact) mass is 305 g/mol. The Hall–Kier alpha value is -0.820. The van der Waals surface area contributed by atoms with E-state index in [0.717, 1.165) is 6.26 Å². The van der Waals surface area contributed by atoms with Gasteiger partial charge in [0, 0.05) is 12.0 Å². The average Bonchev–Trinajstić information content (AvgIpc) is 2.27. The Morgan fingerprint density at radius 2 is 2.21 bits per heavy atom. The molecule has 0 aromatic heterocycles. The molecule has 0 saturated heterocycles. The SMILES string of the molecule is CC(O)c1cc(Cl)c2c(c1)C(NS(C)(=O)=O)CCO2. The molecule has 0 amide bonds. The van der Waals surface area contributed by atoms with Gasteiger partial charge in [0.05, 0.1) is 30.0 Å². The van der Waals surface area contributed by atoms with Gasteiger partial charge in [-0.25, -0.2) is 13.1 Å². The van der Waals surface area contributed by atoms with Crippen LogP contribution in [0.4, 0.5) is 0 Å². The van der Waals surface area contributed by atoms with Crippen LogP contribution in [0.15, 0.2) is 12.1 Å². The predicted octanol–water partition coefficient (Wildman–Crippen LogP) is 1.77. The van der Waals surface area contributed by atoms with Gasteiger partial charge in [-0.05, 0) is 24.6 Å². The Balaban J connectivity index is 2.47. The molecule has 2 N–H and O–H groups in total. The molecular weight excluding hydrogens is 290 g/mol. The number of sulfonamides is 1. The smallest absolute Gasteiger partial charge is 0.209 e. The molecule has 1 aromatic carbocycles. The third kappa shape index (κ3) is 3.39. The molecule has 7 heteroatoms. The molecule has 2 rings (SSSR count). The molecule has 0 bridgehead atoms. The molecule has 0 fully saturated rings. The quantitative estimate of drug-likeness (QED) is 0.892. The van der Waals surface area contributed by atoms with Crippen molar-refractivity contribution in [2.24, 2.45) is 0 Å². The molecule has 1 aromatic rings. The number of aliphatic hydroxyl groups is 1. The van der Waals surface area contributed by atoms with E-state index in [9.17, 15) is 13.5 Å². The topological polar surface area (TPSA) is 75.6 Å². The van der Waals surface area contributed by atoms with Crippen LogP contribution < -0.4 is 9.46 Å². The molecule has 106 valence electrons. The molecule has 2 atom stereocenters. The van der Waals surface area contributed by atoms with E-state index in [1.54, 1.807) is 19.1 Å². The Labute approximate surface area is 117 Å². The summed E-state index contributed by atoms with van der Waals surface area (Å²) in [5.74, 6) is 0.485. The van der Waals surface area contributed by atoms with Crippen LogP contribution in [0.25, 0.3) is 0 Å². The van der Waals surface area contributed by atoms with Gasteiger partial charge in [-0.3, -0.25) is 0 Å². The third-order valence-electron chi connectivity index (χ3n) is 2.96. The van der Waals surface area contributed by atoms with Crippen molar-refractivity contribution < 1.29 is 18.3 Å². The molecule has 0 radical (unpaired) electrons. The largest absolute Gasteiger partial charge is 0.492 e. The van der Waals surface area contributed by atoms with Crippen molar-refractivity contribution >= 4 is 21.6 Å². The van der Waals surface area contributed by atoms with Crippen molar-refractivity contribution in [3.8, 4) is 5.75 Å². The molecular formula is C12H16ClNO4S. The van der Waals surface area contributed by atoms with Crippen molar-refractivity contribution in [2.75, 3.05) is 12.9 Å². The standard InChI is InChI=1S/C12H16ClNO4S/c1-7(15)8-5-9-11(14-19(2,16)17)3-4-18-12(9)10(13)6-8/h5-7,11,14-15H,3-4H2,1-2H3. The fourth-order valence-electron chi connectivity index (χ4n) is 2.10. The molecule has 1 heterocycles. The highest BCUT2D eigenvalue weighted by Crippen LogP contribution is 2.40. The van der Waals surface area contributed by atoms with E-state index in [1.165, 1.54) is 0 Å². The molecule has 5 nitrogen and oxygen atoms in total. The Kier molecular flexibility index (Phi) is 4.06. The van der Waals surface area contributed by atoms with Gasteiger partial charge < -0.3 is 9.84 Å². The highest BCUT2D eigenvalue weighted by Gasteiger charge is 2.27. The highest BCUT2D eigenvalue weighted by molar-refractivity contribution is 7.88. The van der Waals surface area contributed by atoms with Gasteiger partial charge in [-0.1, -0.05) is 11.6 Å². The fraction of sp³-hybridized carbons (Fsp3) is 0.500. The maximum atomic E-state index is 11.4. The number of rotatable bonds is 3. The molecule has 1 aliphatic heterocycles. The molecule has 19 heavy (non-hydrogen) atoms. The minimum atomic E-state index is -3.32. The zero-order valence-electron chi connectivity index (χ0n) is 10.7. The summed E-state index contributed by atoms with van der Waals surface area (Å²) in [5.41, 5.74) is 1.30. The van der Waals surface area contributed by atoms with E-state index in [2.05, 4.69) is 4.72 Å². The summed E-state index contributed by atoms with van der Waals surface area (Å²) >= 11 is 6.11. The van der Waals surface area contributed by atoms with Gasteiger partial charge in [0.15, 0.2) is 0 Å². The molecule has 2 unspecified atom stereocenters. The minimum absolute atomic E-state index is 0.380. The summed E-state index contributed by atoms with van der Waals surface area (Å²) in [4.78, 5) is 0. The van der Waals surface area contributed by atoms with E-state index in [-0.39, 0.29) is 6.04 Å². The lowest BCUT2D eigenvalue weighted by molar-refractivity contribution is 0.198. The van der Waals surface area contributed by atoms with Crippen LogP contribution in [0.2, 0.25) is 5.02 Å². The first-order valence-electron chi connectivity index (χ1n) is 5.89. The maximum absolute atomic E-state index is 11.4. The van der Waals surface area contributed by atoms with Gasteiger partial charge in [0.2, 0.25) is 10.0 Å². The van der Waals surface area contributed by atoms with Crippen molar-refractivity contribution in [1.82, 2.24) is 4.72 Å². The first-order valence-corrected chi connectivity index (χ1v) is 8.16. The zero-order chi connectivity index (χ0) is 14.2. The second-order valence-corrected chi connectivity index (χ2v) is 6.86. The number of ether oxygens (including phenoxy) is 1. The highest BCUT2D eigenvalue weighted by atomic mass is 35.5. The summed E-state index contributed by atoms with van der Waals surface area (Å²) < 4.78 is 30.8. The number of hydrogen-bond donors (Lipinski definition) is 2. The van der Waals surface area contributed by atoms with Crippen LogP contribution in [-0.4, -0.2) is 26.4 Å². The molecule has 0 saturated carbocycles. The molecule has 1 aliphatic rings. The molecule has 0 spiro atoms. The van der Waals surface area contributed by atoms with Crippen LogP contribution in [0, 0.1) is 0 Å². The normalized spacial score (nSPS) is 20.5. The van der Waals surface area contributed by atoms with E-state index in [1.807, 2.05) is 0 Å². The second kappa shape index (κ2) is 5.28. The maximum Gasteiger partial charge on any atom is 0.209 e. The average molecular weight is 306 g/mol. The van der Waals surface area contributed by atoms with Crippen LogP contribution >= 0.6 is 11.6 Å². The van der Waals surface area contributed by atoms with Crippen LogP contribution in [0.1, 0.15) is 36.6 Å². The van der Waals surface area contributed by atoms with Gasteiger partial charge in [0.1, 0.15) is 5.75 Å². The summed E-state index contributed by atoms with van der Waals surface area (Å²) in [6.45, 7) is 2.02. The first-order chi connectivity index (χ1) is 8.78. The summed E-state index contributed by atoms with van der Waals surface area (Å²) in [6.07, 6.45) is 0.964. The van der Waals surface area contributed by atoms with Gasteiger partial charge in [-0.2, -0.15) is 0 Å². The van der Waals surface area contributed by atoms with Crippen molar-refractivity contribution in [3.05, 3.63) is 28.3 Å². The lowest BCUT2D eigenvalue weighted by Crippen LogP contribution is -2.31. The number of aliphatic hydroxyl groups excluding tert-OH is 1. The van der Waals surface area contributed by atoms with E-state index in [0.29, 0.717) is 34.9 Å². The summed E-state index contributed by atoms with van der Waals surface area (Å²) in [7, 11) is -3.32. The van der Waals surface area contributed by atoms with Crippen molar-refractivity contribution in [3.63, 3.8) is 0 Å². The minimum Gasteiger partial charge on any atom is -0.492 e. The summed E-state index contributed by atoms with van der Waals surface area (Å²) in [5, 5.41) is 10.0. The Morgan fingerprint density at radius 1 is 1.53 bits per heavy atom. The van der Waals surface area contributed by atoms with Crippen molar-refractivity contribution in [1.29, 1.82) is 0 Å². The number of hydrogen-bond acceptors (Lipinski definition) is 4. The number of benzene rings is 1. The van der Waals surface area contributed by atoms with Crippen LogP contribution in [0.5, 0.6) is 5.75 Å². The lowest BCUT2D eigenvalue weighted by atomic mass is 9.97. The number of halogens is 1. The number of nitrogens with one attached hydrogen (secondary N) is 1. The second-order valence-electron chi connectivity index (χ2n) is 4.68. The van der Waals surface area contributed by atoms with Gasteiger partial charge in [0.25, 0.3) is 0 Å². The first kappa shape index (κ1) is 14.6. The van der Waals surface area contributed by atoms with E-state index >= 15 is 0 Å². The Morgan fingerprint density at radius 3 is 2.79 bits per heavy atom. The Bertz CT molecular complexity index is 586. The van der Waals surface area contributed by atoms with Gasteiger partial charge in [-0.15, -0.1) is 0 Å². The predicted molar refractivity (Wildman–Crippen MR) is 72.9 cm³/mol. The molecule has 0 aliphatic carbocycles. The van der Waals surface area contributed by atoms with Gasteiger partial charge >= 0.3 is 0 Å².